The predicted molar refractivity (Wildman–Crippen MR) is 70.1 cm³/mol. The second-order valence-electron chi connectivity index (χ2n) is 3.48. The number of nitro benzene ring substituents is 1. The molecular formula is C12H10ClNO6. The van der Waals surface area contributed by atoms with Crippen LogP contribution < -0.4 is 4.74 Å². The first-order chi connectivity index (χ1) is 9.40. The lowest BCUT2D eigenvalue weighted by Crippen LogP contribution is -2.04. The zero-order valence-corrected chi connectivity index (χ0v) is 11.3. The smallest absolute Gasteiger partial charge is 0.330 e. The minimum Gasteiger partial charge on any atom is -0.490 e. The number of hydrogen-bond donors (Lipinski definition) is 0. The molecule has 7 nitrogen and oxygen atoms in total. The highest BCUT2D eigenvalue weighted by Gasteiger charge is 2.23. The highest BCUT2D eigenvalue weighted by atomic mass is 35.5. The number of ether oxygens (including phenoxy) is 2. The van der Waals surface area contributed by atoms with E-state index in [2.05, 4.69) is 4.74 Å². The maximum Gasteiger partial charge on any atom is 0.330 e. The van der Waals surface area contributed by atoms with Gasteiger partial charge in [0, 0.05) is 17.2 Å². The number of carbonyl (C=O) groups excluding carboxylic acids is 2. The van der Waals surface area contributed by atoms with E-state index in [4.69, 9.17) is 16.3 Å². The second-order valence-corrected chi connectivity index (χ2v) is 3.92. The van der Waals surface area contributed by atoms with Gasteiger partial charge in [-0.25, -0.2) is 4.79 Å². The molecule has 0 aliphatic carbocycles. The van der Waals surface area contributed by atoms with Gasteiger partial charge in [-0.1, -0.05) is 11.6 Å². The van der Waals surface area contributed by atoms with Crippen LogP contribution in [0.1, 0.15) is 10.4 Å². The molecule has 0 saturated heterocycles. The minimum atomic E-state index is -0.728. The Balaban J connectivity index is 3.30. The number of nitrogens with zero attached hydrogens (tertiary/aromatic N) is 1. The Labute approximate surface area is 118 Å². The molecule has 0 fully saturated rings. The monoisotopic (exact) mass is 299 g/mol. The molecule has 106 valence electrons. The lowest BCUT2D eigenvalue weighted by atomic mass is 10.1. The summed E-state index contributed by atoms with van der Waals surface area (Å²) in [6, 6.07) is 2.29. The largest absolute Gasteiger partial charge is 0.490 e. The van der Waals surface area contributed by atoms with Gasteiger partial charge in [-0.2, -0.15) is 0 Å². The molecule has 8 heteroatoms. The van der Waals surface area contributed by atoms with Crippen molar-refractivity contribution in [3.63, 3.8) is 0 Å². The van der Waals surface area contributed by atoms with E-state index in [-0.39, 0.29) is 16.3 Å². The van der Waals surface area contributed by atoms with Crippen LogP contribution in [0.3, 0.4) is 0 Å². The molecule has 0 aromatic heterocycles. The van der Waals surface area contributed by atoms with Gasteiger partial charge < -0.3 is 9.47 Å². The van der Waals surface area contributed by atoms with Crippen molar-refractivity contribution in [2.45, 2.75) is 0 Å². The molecule has 0 atom stereocenters. The lowest BCUT2D eigenvalue weighted by Gasteiger charge is -2.07. The van der Waals surface area contributed by atoms with Crippen LogP contribution in [-0.2, 0) is 9.53 Å². The van der Waals surface area contributed by atoms with Crippen LogP contribution in [0.5, 0.6) is 5.75 Å². The van der Waals surface area contributed by atoms with E-state index < -0.39 is 22.4 Å². The van der Waals surface area contributed by atoms with Crippen LogP contribution in [0.25, 0.3) is 0 Å². The van der Waals surface area contributed by atoms with Gasteiger partial charge in [0.05, 0.1) is 24.7 Å². The van der Waals surface area contributed by atoms with Crippen molar-refractivity contribution in [2.24, 2.45) is 0 Å². The van der Waals surface area contributed by atoms with Gasteiger partial charge in [-0.05, 0) is 12.1 Å². The highest BCUT2D eigenvalue weighted by Crippen LogP contribution is 2.34. The molecule has 0 saturated carbocycles. The van der Waals surface area contributed by atoms with Gasteiger partial charge in [0.2, 0.25) is 5.75 Å². The second kappa shape index (κ2) is 6.67. The molecule has 0 amide bonds. The summed E-state index contributed by atoms with van der Waals surface area (Å²) in [6.45, 7) is 0. The summed E-state index contributed by atoms with van der Waals surface area (Å²) in [4.78, 5) is 33.0. The van der Waals surface area contributed by atoms with Gasteiger partial charge in [-0.15, -0.1) is 0 Å². The third-order valence-corrected chi connectivity index (χ3v) is 2.49. The van der Waals surface area contributed by atoms with Crippen molar-refractivity contribution in [1.82, 2.24) is 0 Å². The summed E-state index contributed by atoms with van der Waals surface area (Å²) in [5.41, 5.74) is -0.554. The molecule has 0 aliphatic rings. The first-order valence-electron chi connectivity index (χ1n) is 5.23. The van der Waals surface area contributed by atoms with Crippen LogP contribution in [0.15, 0.2) is 24.3 Å². The Morgan fingerprint density at radius 1 is 1.30 bits per heavy atom. The SMILES string of the molecule is COC(=O)/C=C/C(=O)c1cc(Cl)cc([N+](=O)[O-])c1OC. The molecule has 1 rings (SSSR count). The number of esters is 1. The van der Waals surface area contributed by atoms with Crippen LogP contribution in [0.2, 0.25) is 5.02 Å². The van der Waals surface area contributed by atoms with Crippen LogP contribution >= 0.6 is 11.6 Å². The summed E-state index contributed by atoms with van der Waals surface area (Å²) >= 11 is 5.73. The van der Waals surface area contributed by atoms with E-state index in [1.54, 1.807) is 0 Å². The standard InChI is InChI=1S/C12H10ClNO6/c1-19-11(16)4-3-10(15)8-5-7(13)6-9(14(17)18)12(8)20-2/h3-6H,1-2H3/b4-3+. The Morgan fingerprint density at radius 3 is 2.45 bits per heavy atom. The van der Waals surface area contributed by atoms with Gasteiger partial charge in [0.1, 0.15) is 0 Å². The van der Waals surface area contributed by atoms with Crippen LogP contribution in [0, 0.1) is 10.1 Å². The number of carbonyl (C=O) groups is 2. The van der Waals surface area contributed by atoms with E-state index in [0.29, 0.717) is 0 Å². The van der Waals surface area contributed by atoms with Gasteiger partial charge in [-0.3, -0.25) is 14.9 Å². The predicted octanol–water partition coefficient (Wildman–Crippen LogP) is 2.17. The minimum absolute atomic E-state index is 0.00678. The number of hydrogen-bond acceptors (Lipinski definition) is 6. The van der Waals surface area contributed by atoms with E-state index in [1.165, 1.54) is 13.2 Å². The van der Waals surface area contributed by atoms with Crippen molar-refractivity contribution in [1.29, 1.82) is 0 Å². The zero-order valence-electron chi connectivity index (χ0n) is 10.6. The van der Waals surface area contributed by atoms with E-state index in [1.807, 2.05) is 0 Å². The van der Waals surface area contributed by atoms with Crippen molar-refractivity contribution >= 4 is 29.0 Å². The van der Waals surface area contributed by atoms with E-state index in [9.17, 15) is 19.7 Å². The Morgan fingerprint density at radius 2 is 1.95 bits per heavy atom. The highest BCUT2D eigenvalue weighted by molar-refractivity contribution is 6.31. The molecule has 0 aliphatic heterocycles. The summed E-state index contributed by atoms with van der Waals surface area (Å²) in [6.07, 6.45) is 1.82. The lowest BCUT2D eigenvalue weighted by molar-refractivity contribution is -0.385. The fraction of sp³-hybridized carbons (Fsp3) is 0.167. The summed E-state index contributed by atoms with van der Waals surface area (Å²) in [5.74, 6) is -1.62. The Kier molecular flexibility index (Phi) is 5.22. The van der Waals surface area contributed by atoms with Crippen molar-refractivity contribution in [2.75, 3.05) is 14.2 Å². The molecule has 0 N–H and O–H groups in total. The Bertz CT molecular complexity index is 596. The maximum absolute atomic E-state index is 11.9. The first-order valence-corrected chi connectivity index (χ1v) is 5.60. The van der Waals surface area contributed by atoms with Crippen LogP contribution in [-0.4, -0.2) is 30.9 Å². The summed E-state index contributed by atoms with van der Waals surface area (Å²) in [5, 5.41) is 10.9. The number of halogens is 1. The topological polar surface area (TPSA) is 95.7 Å². The molecule has 20 heavy (non-hydrogen) atoms. The number of ketones is 1. The molecule has 1 aromatic carbocycles. The number of benzene rings is 1. The summed E-state index contributed by atoms with van der Waals surface area (Å²) < 4.78 is 9.21. The van der Waals surface area contributed by atoms with Crippen LogP contribution in [0.4, 0.5) is 5.69 Å². The third kappa shape index (κ3) is 3.55. The molecule has 1 aromatic rings. The van der Waals surface area contributed by atoms with Gasteiger partial charge in [0.25, 0.3) is 0 Å². The van der Waals surface area contributed by atoms with Crippen molar-refractivity contribution in [3.05, 3.63) is 45.0 Å². The molecule has 0 bridgehead atoms. The maximum atomic E-state index is 11.9. The first kappa shape index (κ1) is 15.6. The van der Waals surface area contributed by atoms with Crippen molar-refractivity contribution < 1.29 is 24.0 Å². The van der Waals surface area contributed by atoms with E-state index in [0.717, 1.165) is 25.3 Å². The fourth-order valence-corrected chi connectivity index (χ4v) is 1.63. The molecule has 0 spiro atoms. The van der Waals surface area contributed by atoms with Gasteiger partial charge >= 0.3 is 11.7 Å². The number of methoxy groups -OCH3 is 2. The molecule has 0 unspecified atom stereocenters. The Hall–Kier alpha value is -2.41. The normalized spacial score (nSPS) is 10.3. The van der Waals surface area contributed by atoms with E-state index >= 15 is 0 Å². The molecule has 0 heterocycles. The average molecular weight is 300 g/mol. The molecular weight excluding hydrogens is 290 g/mol. The fourth-order valence-electron chi connectivity index (χ4n) is 1.41. The quantitative estimate of drug-likeness (QED) is 0.272. The number of nitro groups is 1. The molecule has 0 radical (unpaired) electrons. The zero-order chi connectivity index (χ0) is 15.3. The number of rotatable bonds is 5. The number of allylic oxidation sites excluding steroid dienone is 1. The van der Waals surface area contributed by atoms with Crippen molar-refractivity contribution in [3.8, 4) is 5.75 Å². The third-order valence-electron chi connectivity index (χ3n) is 2.27. The average Bonchev–Trinajstić information content (AvgIpc) is 2.43. The van der Waals surface area contributed by atoms with Gasteiger partial charge in [0.15, 0.2) is 5.78 Å². The summed E-state index contributed by atoms with van der Waals surface area (Å²) in [7, 11) is 2.35.